The maximum absolute atomic E-state index is 5.37. The van der Waals surface area contributed by atoms with Crippen molar-refractivity contribution in [3.8, 4) is 0 Å². The van der Waals surface area contributed by atoms with Crippen LogP contribution in [0.4, 0.5) is 0 Å². The van der Waals surface area contributed by atoms with Gasteiger partial charge in [0.2, 0.25) is 0 Å². The molecule has 1 aromatic rings. The molecule has 0 amide bonds. The Bertz CT molecular complexity index is 331. The van der Waals surface area contributed by atoms with Crippen LogP contribution in [0.15, 0.2) is 24.3 Å². The molecule has 2 heteroatoms. The fourth-order valence-corrected chi connectivity index (χ4v) is 2.15. The summed E-state index contributed by atoms with van der Waals surface area (Å²) in [5, 5.41) is 3.59. The molecule has 1 aliphatic heterocycles. The third-order valence-electron chi connectivity index (χ3n) is 3.28. The molecule has 0 saturated carbocycles. The zero-order valence-electron chi connectivity index (χ0n) is 10.2. The lowest BCUT2D eigenvalue weighted by Gasteiger charge is -2.17. The second-order valence-electron chi connectivity index (χ2n) is 4.77. The quantitative estimate of drug-likeness (QED) is 0.840. The van der Waals surface area contributed by atoms with Crippen LogP contribution in [0.2, 0.25) is 0 Å². The monoisotopic (exact) mass is 219 g/mol. The van der Waals surface area contributed by atoms with Gasteiger partial charge in [-0.05, 0) is 31.7 Å². The van der Waals surface area contributed by atoms with Crippen molar-refractivity contribution in [2.24, 2.45) is 5.92 Å². The van der Waals surface area contributed by atoms with Crippen molar-refractivity contribution in [3.63, 3.8) is 0 Å². The van der Waals surface area contributed by atoms with Crippen molar-refractivity contribution in [2.75, 3.05) is 19.8 Å². The van der Waals surface area contributed by atoms with E-state index in [-0.39, 0.29) is 0 Å². The van der Waals surface area contributed by atoms with Crippen LogP contribution < -0.4 is 5.32 Å². The Morgan fingerprint density at radius 2 is 2.38 bits per heavy atom. The van der Waals surface area contributed by atoms with Gasteiger partial charge in [-0.25, -0.2) is 0 Å². The summed E-state index contributed by atoms with van der Waals surface area (Å²) in [6.45, 7) is 7.29. The summed E-state index contributed by atoms with van der Waals surface area (Å²) < 4.78 is 5.37. The maximum atomic E-state index is 5.37. The highest BCUT2D eigenvalue weighted by Crippen LogP contribution is 2.16. The van der Waals surface area contributed by atoms with Gasteiger partial charge in [0.15, 0.2) is 0 Å². The molecule has 1 unspecified atom stereocenters. The van der Waals surface area contributed by atoms with Crippen molar-refractivity contribution >= 4 is 0 Å². The Hall–Kier alpha value is -0.860. The Kier molecular flexibility index (Phi) is 3.97. The van der Waals surface area contributed by atoms with Gasteiger partial charge >= 0.3 is 0 Å². The van der Waals surface area contributed by atoms with Gasteiger partial charge in [0.25, 0.3) is 0 Å². The highest BCUT2D eigenvalue weighted by molar-refractivity contribution is 5.24. The molecule has 1 saturated heterocycles. The summed E-state index contributed by atoms with van der Waals surface area (Å²) in [5.41, 5.74) is 2.70. The van der Waals surface area contributed by atoms with E-state index in [1.165, 1.54) is 17.5 Å². The summed E-state index contributed by atoms with van der Waals surface area (Å²) in [4.78, 5) is 0. The highest BCUT2D eigenvalue weighted by Gasteiger charge is 2.16. The Morgan fingerprint density at radius 3 is 3.06 bits per heavy atom. The van der Waals surface area contributed by atoms with E-state index in [0.717, 1.165) is 19.8 Å². The molecule has 1 heterocycles. The van der Waals surface area contributed by atoms with Gasteiger partial charge in [-0.3, -0.25) is 0 Å². The van der Waals surface area contributed by atoms with Gasteiger partial charge in [-0.15, -0.1) is 0 Å². The number of rotatable bonds is 4. The van der Waals surface area contributed by atoms with Crippen LogP contribution in [0.3, 0.4) is 0 Å². The third kappa shape index (κ3) is 3.06. The van der Waals surface area contributed by atoms with Crippen molar-refractivity contribution in [1.82, 2.24) is 5.32 Å². The molecule has 1 aromatic carbocycles. The highest BCUT2D eigenvalue weighted by atomic mass is 16.5. The molecule has 0 bridgehead atoms. The molecule has 0 aliphatic carbocycles. The number of benzene rings is 1. The van der Waals surface area contributed by atoms with Gasteiger partial charge < -0.3 is 10.1 Å². The topological polar surface area (TPSA) is 21.3 Å². The van der Waals surface area contributed by atoms with Crippen LogP contribution in [0.25, 0.3) is 0 Å². The second kappa shape index (κ2) is 5.46. The molecule has 0 radical (unpaired) electrons. The zero-order valence-corrected chi connectivity index (χ0v) is 10.2. The van der Waals surface area contributed by atoms with E-state index in [2.05, 4.69) is 43.4 Å². The number of aryl methyl sites for hydroxylation is 1. The fourth-order valence-electron chi connectivity index (χ4n) is 2.15. The first-order valence-corrected chi connectivity index (χ1v) is 6.13. The minimum atomic E-state index is 0.431. The molecule has 1 fully saturated rings. The summed E-state index contributed by atoms with van der Waals surface area (Å²) in [6, 6.07) is 9.14. The summed E-state index contributed by atoms with van der Waals surface area (Å²) in [5.74, 6) is 0.701. The third-order valence-corrected chi connectivity index (χ3v) is 3.28. The van der Waals surface area contributed by atoms with Crippen molar-refractivity contribution < 1.29 is 4.74 Å². The average molecular weight is 219 g/mol. The predicted molar refractivity (Wildman–Crippen MR) is 66.5 cm³/mol. The lowest BCUT2D eigenvalue weighted by Crippen LogP contribution is -2.26. The van der Waals surface area contributed by atoms with Crippen molar-refractivity contribution in [2.45, 2.75) is 26.3 Å². The van der Waals surface area contributed by atoms with E-state index in [9.17, 15) is 0 Å². The average Bonchev–Trinajstić information content (AvgIpc) is 2.78. The normalized spacial score (nSPS) is 22.2. The van der Waals surface area contributed by atoms with Crippen LogP contribution in [0.5, 0.6) is 0 Å². The van der Waals surface area contributed by atoms with Crippen molar-refractivity contribution in [1.29, 1.82) is 0 Å². The van der Waals surface area contributed by atoms with Gasteiger partial charge in [0, 0.05) is 19.2 Å². The standard InChI is InChI=1S/C14H21NO/c1-11-4-3-5-14(8-11)12(2)15-9-13-6-7-16-10-13/h3-5,8,12-13,15H,6-7,9-10H2,1-2H3/t12-,13?/m1/s1. The number of hydrogen-bond donors (Lipinski definition) is 1. The minimum absolute atomic E-state index is 0.431. The number of nitrogens with one attached hydrogen (secondary N) is 1. The number of ether oxygens (including phenoxy) is 1. The van der Waals surface area contributed by atoms with Gasteiger partial charge in [0.1, 0.15) is 0 Å². The van der Waals surface area contributed by atoms with Crippen LogP contribution in [0, 0.1) is 12.8 Å². The molecule has 1 N–H and O–H groups in total. The Labute approximate surface area is 98.0 Å². The molecule has 88 valence electrons. The summed E-state index contributed by atoms with van der Waals surface area (Å²) >= 11 is 0. The predicted octanol–water partition coefficient (Wildman–Crippen LogP) is 2.68. The second-order valence-corrected chi connectivity index (χ2v) is 4.77. The molecular formula is C14H21NO. The first kappa shape index (κ1) is 11.6. The fraction of sp³-hybridized carbons (Fsp3) is 0.571. The largest absolute Gasteiger partial charge is 0.381 e. The van der Waals surface area contributed by atoms with E-state index in [1.54, 1.807) is 0 Å². The molecule has 2 rings (SSSR count). The lowest BCUT2D eigenvalue weighted by atomic mass is 10.0. The summed E-state index contributed by atoms with van der Waals surface area (Å²) in [6.07, 6.45) is 1.20. The maximum Gasteiger partial charge on any atom is 0.0507 e. The van der Waals surface area contributed by atoms with Crippen LogP contribution in [-0.4, -0.2) is 19.8 Å². The van der Waals surface area contributed by atoms with Crippen molar-refractivity contribution in [3.05, 3.63) is 35.4 Å². The molecule has 2 atom stereocenters. The molecule has 0 aromatic heterocycles. The Morgan fingerprint density at radius 1 is 1.50 bits per heavy atom. The first-order chi connectivity index (χ1) is 7.75. The van der Waals surface area contributed by atoms with Gasteiger partial charge in [-0.1, -0.05) is 29.8 Å². The van der Waals surface area contributed by atoms with Crippen LogP contribution in [-0.2, 0) is 4.74 Å². The SMILES string of the molecule is Cc1cccc([C@@H](C)NCC2CCOC2)c1. The molecule has 16 heavy (non-hydrogen) atoms. The molecule has 1 aliphatic rings. The zero-order chi connectivity index (χ0) is 11.4. The molecule has 2 nitrogen and oxygen atoms in total. The lowest BCUT2D eigenvalue weighted by molar-refractivity contribution is 0.184. The van der Waals surface area contributed by atoms with Crippen LogP contribution >= 0.6 is 0 Å². The van der Waals surface area contributed by atoms with Crippen LogP contribution in [0.1, 0.15) is 30.5 Å². The minimum Gasteiger partial charge on any atom is -0.381 e. The molecule has 0 spiro atoms. The summed E-state index contributed by atoms with van der Waals surface area (Å²) in [7, 11) is 0. The van der Waals surface area contributed by atoms with E-state index in [4.69, 9.17) is 4.74 Å². The first-order valence-electron chi connectivity index (χ1n) is 6.13. The molecular weight excluding hydrogens is 198 g/mol. The van der Waals surface area contributed by atoms with Gasteiger partial charge in [0.05, 0.1) is 6.61 Å². The van der Waals surface area contributed by atoms with E-state index in [0.29, 0.717) is 12.0 Å². The Balaban J connectivity index is 1.85. The van der Waals surface area contributed by atoms with E-state index < -0.39 is 0 Å². The van der Waals surface area contributed by atoms with Gasteiger partial charge in [-0.2, -0.15) is 0 Å². The van der Waals surface area contributed by atoms with E-state index in [1.807, 2.05) is 0 Å². The number of hydrogen-bond acceptors (Lipinski definition) is 2. The smallest absolute Gasteiger partial charge is 0.0507 e. The van der Waals surface area contributed by atoms with E-state index >= 15 is 0 Å².